The second-order valence-corrected chi connectivity index (χ2v) is 5.74. The van der Waals surface area contributed by atoms with Crippen LogP contribution in [0.25, 0.3) is 0 Å². The number of likely N-dealkylation sites (tertiary alicyclic amines) is 1. The molecule has 0 radical (unpaired) electrons. The van der Waals surface area contributed by atoms with E-state index in [9.17, 15) is 15.0 Å². The molecular formula is C16H24N2O4. The Balaban J connectivity index is 1.74. The summed E-state index contributed by atoms with van der Waals surface area (Å²) < 4.78 is 5.63. The molecule has 1 aliphatic rings. The largest absolute Gasteiger partial charge is 0.492 e. The Labute approximate surface area is 130 Å². The zero-order valence-corrected chi connectivity index (χ0v) is 12.9. The fourth-order valence-corrected chi connectivity index (χ4v) is 2.52. The van der Waals surface area contributed by atoms with Crippen molar-refractivity contribution in [1.82, 2.24) is 10.2 Å². The number of aliphatic hydroxyl groups excluding tert-OH is 1. The van der Waals surface area contributed by atoms with E-state index in [2.05, 4.69) is 10.2 Å². The van der Waals surface area contributed by atoms with Crippen LogP contribution in [0.5, 0.6) is 5.75 Å². The SMILES string of the molecule is CC(=O)NC[C@]1(O)CCN(CCOc2ccccc2)C[C@H]1O. The summed E-state index contributed by atoms with van der Waals surface area (Å²) in [5, 5.41) is 23.1. The van der Waals surface area contributed by atoms with Crippen molar-refractivity contribution in [2.75, 3.05) is 32.8 Å². The summed E-state index contributed by atoms with van der Waals surface area (Å²) in [6.45, 7) is 3.71. The summed E-state index contributed by atoms with van der Waals surface area (Å²) in [6, 6.07) is 9.57. The van der Waals surface area contributed by atoms with Crippen LogP contribution in [0.3, 0.4) is 0 Å². The van der Waals surface area contributed by atoms with Gasteiger partial charge in [-0.2, -0.15) is 0 Å². The Morgan fingerprint density at radius 1 is 1.45 bits per heavy atom. The van der Waals surface area contributed by atoms with Gasteiger partial charge in [-0.05, 0) is 18.6 Å². The molecule has 1 aliphatic heterocycles. The predicted octanol–water partition coefficient (Wildman–Crippen LogP) is -0.000800. The maximum Gasteiger partial charge on any atom is 0.216 e. The number of carbonyl (C=O) groups is 1. The maximum absolute atomic E-state index is 10.9. The lowest BCUT2D eigenvalue weighted by Gasteiger charge is -2.42. The molecule has 0 spiro atoms. The van der Waals surface area contributed by atoms with Gasteiger partial charge in [0.05, 0.1) is 6.10 Å². The molecule has 0 aromatic heterocycles. The van der Waals surface area contributed by atoms with Gasteiger partial charge >= 0.3 is 0 Å². The topological polar surface area (TPSA) is 82.0 Å². The smallest absolute Gasteiger partial charge is 0.216 e. The third-order valence-electron chi connectivity index (χ3n) is 3.98. The van der Waals surface area contributed by atoms with E-state index < -0.39 is 11.7 Å². The molecule has 0 saturated carbocycles. The molecule has 6 nitrogen and oxygen atoms in total. The first-order valence-corrected chi connectivity index (χ1v) is 7.55. The quantitative estimate of drug-likeness (QED) is 0.689. The van der Waals surface area contributed by atoms with E-state index in [-0.39, 0.29) is 12.5 Å². The number of piperidine rings is 1. The summed E-state index contributed by atoms with van der Waals surface area (Å²) in [6.07, 6.45) is -0.468. The molecule has 6 heteroatoms. The Morgan fingerprint density at radius 3 is 2.82 bits per heavy atom. The molecule has 3 N–H and O–H groups in total. The van der Waals surface area contributed by atoms with Gasteiger partial charge in [0.25, 0.3) is 0 Å². The molecule has 2 atom stereocenters. The molecule has 0 bridgehead atoms. The lowest BCUT2D eigenvalue weighted by atomic mass is 9.88. The van der Waals surface area contributed by atoms with Crippen molar-refractivity contribution < 1.29 is 19.7 Å². The van der Waals surface area contributed by atoms with Gasteiger partial charge in [-0.3, -0.25) is 9.69 Å². The maximum atomic E-state index is 10.9. The van der Waals surface area contributed by atoms with E-state index in [1.807, 2.05) is 30.3 Å². The zero-order chi connectivity index (χ0) is 16.0. The van der Waals surface area contributed by atoms with Crippen LogP contribution >= 0.6 is 0 Å². The molecule has 1 heterocycles. The fraction of sp³-hybridized carbons (Fsp3) is 0.562. The number of benzene rings is 1. The van der Waals surface area contributed by atoms with Crippen LogP contribution in [0.4, 0.5) is 0 Å². The van der Waals surface area contributed by atoms with E-state index in [4.69, 9.17) is 4.74 Å². The Morgan fingerprint density at radius 2 is 2.18 bits per heavy atom. The number of para-hydroxylation sites is 1. The summed E-state index contributed by atoms with van der Waals surface area (Å²) in [7, 11) is 0. The van der Waals surface area contributed by atoms with Crippen LogP contribution in [-0.2, 0) is 4.79 Å². The number of amides is 1. The minimum atomic E-state index is -1.25. The van der Waals surface area contributed by atoms with Gasteiger partial charge in [-0.15, -0.1) is 0 Å². The number of hydrogen-bond acceptors (Lipinski definition) is 5. The average molecular weight is 308 g/mol. The number of nitrogens with one attached hydrogen (secondary N) is 1. The molecule has 2 rings (SSSR count). The van der Waals surface area contributed by atoms with Gasteiger partial charge in [-0.1, -0.05) is 18.2 Å². The van der Waals surface area contributed by atoms with Gasteiger partial charge in [0.2, 0.25) is 5.91 Å². The highest BCUT2D eigenvalue weighted by Gasteiger charge is 2.40. The normalized spacial score (nSPS) is 25.7. The highest BCUT2D eigenvalue weighted by atomic mass is 16.5. The number of hydrogen-bond donors (Lipinski definition) is 3. The van der Waals surface area contributed by atoms with E-state index in [1.165, 1.54) is 6.92 Å². The number of β-amino-alcohol motifs (C(OH)–C–C–N with tert-alkyl or cyclic N) is 1. The van der Waals surface area contributed by atoms with Crippen molar-refractivity contribution in [3.63, 3.8) is 0 Å². The van der Waals surface area contributed by atoms with Gasteiger partial charge in [0.15, 0.2) is 0 Å². The van der Waals surface area contributed by atoms with E-state index in [0.717, 1.165) is 5.75 Å². The molecule has 0 aliphatic carbocycles. The molecule has 1 aromatic carbocycles. The van der Waals surface area contributed by atoms with Crippen molar-refractivity contribution in [1.29, 1.82) is 0 Å². The van der Waals surface area contributed by atoms with Gasteiger partial charge < -0.3 is 20.3 Å². The monoisotopic (exact) mass is 308 g/mol. The van der Waals surface area contributed by atoms with Crippen LogP contribution < -0.4 is 10.1 Å². The summed E-state index contributed by atoms with van der Waals surface area (Å²) >= 11 is 0. The minimum absolute atomic E-state index is 0.0812. The third kappa shape index (κ3) is 4.69. The van der Waals surface area contributed by atoms with E-state index in [0.29, 0.717) is 32.7 Å². The first-order chi connectivity index (χ1) is 10.5. The second-order valence-electron chi connectivity index (χ2n) is 5.74. The molecule has 1 aromatic rings. The molecule has 1 saturated heterocycles. The number of aliphatic hydroxyl groups is 2. The highest BCUT2D eigenvalue weighted by Crippen LogP contribution is 2.22. The van der Waals surface area contributed by atoms with E-state index in [1.54, 1.807) is 0 Å². The summed E-state index contributed by atoms with van der Waals surface area (Å²) in [5.74, 6) is 0.613. The van der Waals surface area contributed by atoms with E-state index >= 15 is 0 Å². The standard InChI is InChI=1S/C16H24N2O4/c1-13(19)17-12-16(21)7-8-18(11-15(16)20)9-10-22-14-5-3-2-4-6-14/h2-6,15,20-21H,7-12H2,1H3,(H,17,19)/t15-,16-/m1/s1. The Bertz CT molecular complexity index is 482. The van der Waals surface area contributed by atoms with Crippen LogP contribution in [0, 0.1) is 0 Å². The number of nitrogens with zero attached hydrogens (tertiary/aromatic N) is 1. The predicted molar refractivity (Wildman–Crippen MR) is 82.6 cm³/mol. The van der Waals surface area contributed by atoms with Crippen molar-refractivity contribution >= 4 is 5.91 Å². The third-order valence-corrected chi connectivity index (χ3v) is 3.98. The molecule has 0 unspecified atom stereocenters. The highest BCUT2D eigenvalue weighted by molar-refractivity contribution is 5.72. The van der Waals surface area contributed by atoms with Crippen LogP contribution in [0.15, 0.2) is 30.3 Å². The minimum Gasteiger partial charge on any atom is -0.492 e. The zero-order valence-electron chi connectivity index (χ0n) is 12.9. The Kier molecular flexibility index (Phi) is 5.76. The fourth-order valence-electron chi connectivity index (χ4n) is 2.52. The van der Waals surface area contributed by atoms with Gasteiger partial charge in [0.1, 0.15) is 18.0 Å². The van der Waals surface area contributed by atoms with Crippen molar-refractivity contribution in [2.45, 2.75) is 25.0 Å². The lowest BCUT2D eigenvalue weighted by Crippen LogP contribution is -2.60. The molecule has 122 valence electrons. The number of rotatable bonds is 6. The van der Waals surface area contributed by atoms with Gasteiger partial charge in [0, 0.05) is 33.1 Å². The molecular weight excluding hydrogens is 284 g/mol. The summed E-state index contributed by atoms with van der Waals surface area (Å²) in [4.78, 5) is 13.0. The van der Waals surface area contributed by atoms with Crippen LogP contribution in [0.2, 0.25) is 0 Å². The number of carbonyl (C=O) groups excluding carboxylic acids is 1. The number of ether oxygens (including phenoxy) is 1. The van der Waals surface area contributed by atoms with Crippen molar-refractivity contribution in [2.24, 2.45) is 0 Å². The summed E-state index contributed by atoms with van der Waals surface area (Å²) in [5.41, 5.74) is -1.25. The lowest BCUT2D eigenvalue weighted by molar-refractivity contribution is -0.130. The molecule has 22 heavy (non-hydrogen) atoms. The van der Waals surface area contributed by atoms with Crippen LogP contribution in [-0.4, -0.2) is 65.5 Å². The van der Waals surface area contributed by atoms with Gasteiger partial charge in [-0.25, -0.2) is 0 Å². The first kappa shape index (κ1) is 16.7. The second kappa shape index (κ2) is 7.58. The van der Waals surface area contributed by atoms with Crippen molar-refractivity contribution in [3.05, 3.63) is 30.3 Å². The van der Waals surface area contributed by atoms with Crippen LogP contribution in [0.1, 0.15) is 13.3 Å². The van der Waals surface area contributed by atoms with Crippen molar-refractivity contribution in [3.8, 4) is 5.75 Å². The Hall–Kier alpha value is -1.63. The first-order valence-electron chi connectivity index (χ1n) is 7.55. The molecule has 1 fully saturated rings. The average Bonchev–Trinajstić information content (AvgIpc) is 2.50. The molecule has 1 amide bonds.